The van der Waals surface area contributed by atoms with E-state index in [0.717, 1.165) is 39.8 Å². The zero-order chi connectivity index (χ0) is 22.0. The van der Waals surface area contributed by atoms with Gasteiger partial charge in [0.05, 0.1) is 17.2 Å². The number of benzene rings is 1. The highest BCUT2D eigenvalue weighted by molar-refractivity contribution is 8.18. The predicted octanol–water partition coefficient (Wildman–Crippen LogP) is 5.09. The molecular weight excluding hydrogens is 408 g/mol. The lowest BCUT2D eigenvalue weighted by atomic mass is 10.2. The molecule has 0 bridgehead atoms. The maximum atomic E-state index is 12.5. The van der Waals surface area contributed by atoms with Crippen molar-refractivity contribution >= 4 is 34.6 Å². The molecule has 158 valence electrons. The maximum absolute atomic E-state index is 12.5. The van der Waals surface area contributed by atoms with Gasteiger partial charge in [-0.1, -0.05) is 6.07 Å². The Balaban J connectivity index is 1.57. The number of nitrogens with one attached hydrogen (secondary N) is 1. The molecule has 1 amide bonds. The molecule has 1 fully saturated rings. The van der Waals surface area contributed by atoms with Gasteiger partial charge in [0.25, 0.3) is 5.91 Å². The number of hydrogen-bond donors (Lipinski definition) is 1. The van der Waals surface area contributed by atoms with Crippen LogP contribution in [0.1, 0.15) is 29.4 Å². The molecule has 31 heavy (non-hydrogen) atoms. The van der Waals surface area contributed by atoms with Crippen LogP contribution in [0.3, 0.4) is 0 Å². The van der Waals surface area contributed by atoms with E-state index < -0.39 is 0 Å². The Hall–Kier alpha value is -3.32. The second kappa shape index (κ2) is 8.81. The van der Waals surface area contributed by atoms with Crippen molar-refractivity contribution in [2.75, 3.05) is 6.61 Å². The average Bonchev–Trinajstić information content (AvgIpc) is 3.23. The molecule has 3 aromatic rings. The number of carbonyl (C=O) groups is 1. The smallest absolute Gasteiger partial charge is 0.264 e. The molecular formula is C24H24N4O2S. The van der Waals surface area contributed by atoms with Gasteiger partial charge in [0.15, 0.2) is 5.17 Å². The van der Waals surface area contributed by atoms with Gasteiger partial charge in [-0.2, -0.15) is 0 Å². The van der Waals surface area contributed by atoms with Crippen LogP contribution in [-0.2, 0) is 4.79 Å². The molecule has 1 aliphatic rings. The van der Waals surface area contributed by atoms with Crippen molar-refractivity contribution < 1.29 is 9.53 Å². The monoisotopic (exact) mass is 432 g/mol. The second-order valence-electron chi connectivity index (χ2n) is 7.26. The zero-order valence-corrected chi connectivity index (χ0v) is 18.8. The molecule has 0 atom stereocenters. The Morgan fingerprint density at radius 1 is 1.16 bits per heavy atom. The van der Waals surface area contributed by atoms with Crippen LogP contribution in [-0.4, -0.2) is 27.2 Å². The summed E-state index contributed by atoms with van der Waals surface area (Å²) in [5.41, 5.74) is 4.96. The van der Waals surface area contributed by atoms with Crippen molar-refractivity contribution in [2.45, 2.75) is 27.7 Å². The first-order chi connectivity index (χ1) is 14.9. The van der Waals surface area contributed by atoms with Crippen LogP contribution in [0.2, 0.25) is 0 Å². The van der Waals surface area contributed by atoms with Crippen molar-refractivity contribution in [1.82, 2.24) is 14.9 Å². The molecule has 2 aromatic heterocycles. The number of aryl methyl sites for hydroxylation is 2. The van der Waals surface area contributed by atoms with Crippen molar-refractivity contribution in [2.24, 2.45) is 4.99 Å². The molecule has 1 saturated heterocycles. The number of hydrogen-bond acceptors (Lipinski definition) is 5. The van der Waals surface area contributed by atoms with Gasteiger partial charge in [0.1, 0.15) is 11.6 Å². The Morgan fingerprint density at radius 3 is 2.61 bits per heavy atom. The lowest BCUT2D eigenvalue weighted by molar-refractivity contribution is -0.115. The number of thioether (sulfide) groups is 1. The standard InChI is InChI=1S/C24H24N4O2S/c1-5-30-20-9-7-19(8-10-20)26-24-27-23(29)21(31-24)13-18-12-16(3)28(17(18)4)22-11-6-15(2)14-25-22/h6-14H,5H2,1-4H3,(H,26,27,29)/b21-13+. The van der Waals surface area contributed by atoms with Gasteiger partial charge in [-0.3, -0.25) is 4.79 Å². The molecule has 0 radical (unpaired) electrons. The number of aliphatic imine (C=N–C) groups is 1. The number of amidine groups is 1. The molecule has 1 N–H and O–H groups in total. The Morgan fingerprint density at radius 2 is 1.94 bits per heavy atom. The van der Waals surface area contributed by atoms with E-state index in [9.17, 15) is 4.79 Å². The number of aromatic nitrogens is 2. The number of nitrogens with zero attached hydrogens (tertiary/aromatic N) is 3. The predicted molar refractivity (Wildman–Crippen MR) is 126 cm³/mol. The van der Waals surface area contributed by atoms with Crippen LogP contribution >= 0.6 is 11.8 Å². The lowest BCUT2D eigenvalue weighted by Crippen LogP contribution is -2.19. The lowest BCUT2D eigenvalue weighted by Gasteiger charge is -2.08. The van der Waals surface area contributed by atoms with Crippen molar-refractivity contribution in [1.29, 1.82) is 0 Å². The first-order valence-corrected chi connectivity index (χ1v) is 10.9. The SMILES string of the molecule is CCOc1ccc(N=C2NC(=O)/C(=C\c3cc(C)n(-c4ccc(C)cn4)c3C)S2)cc1. The van der Waals surface area contributed by atoms with Crippen molar-refractivity contribution in [3.63, 3.8) is 0 Å². The zero-order valence-electron chi connectivity index (χ0n) is 18.0. The quantitative estimate of drug-likeness (QED) is 0.571. The van der Waals surface area contributed by atoms with Gasteiger partial charge < -0.3 is 14.6 Å². The summed E-state index contributed by atoms with van der Waals surface area (Å²) in [5.74, 6) is 1.52. The topological polar surface area (TPSA) is 68.5 Å². The van der Waals surface area contributed by atoms with Crippen LogP contribution in [0.25, 0.3) is 11.9 Å². The largest absolute Gasteiger partial charge is 0.494 e. The maximum Gasteiger partial charge on any atom is 0.264 e. The van der Waals surface area contributed by atoms with Crippen LogP contribution in [0.4, 0.5) is 5.69 Å². The fraction of sp³-hybridized carbons (Fsp3) is 0.208. The number of rotatable bonds is 5. The average molecular weight is 433 g/mol. The first-order valence-electron chi connectivity index (χ1n) is 10.1. The summed E-state index contributed by atoms with van der Waals surface area (Å²) in [6, 6.07) is 13.6. The molecule has 3 heterocycles. The summed E-state index contributed by atoms with van der Waals surface area (Å²) in [6.45, 7) is 8.66. The summed E-state index contributed by atoms with van der Waals surface area (Å²) in [7, 11) is 0. The normalized spacial score (nSPS) is 16.2. The number of amides is 1. The number of carbonyl (C=O) groups excluding carboxylic acids is 1. The minimum Gasteiger partial charge on any atom is -0.494 e. The van der Waals surface area contributed by atoms with Crippen LogP contribution in [0, 0.1) is 20.8 Å². The van der Waals surface area contributed by atoms with E-state index in [1.54, 1.807) is 0 Å². The van der Waals surface area contributed by atoms with Gasteiger partial charge >= 0.3 is 0 Å². The van der Waals surface area contributed by atoms with Crippen LogP contribution < -0.4 is 10.1 Å². The highest BCUT2D eigenvalue weighted by atomic mass is 32.2. The Kier molecular flexibility index (Phi) is 5.95. The second-order valence-corrected chi connectivity index (χ2v) is 8.29. The third kappa shape index (κ3) is 4.56. The summed E-state index contributed by atoms with van der Waals surface area (Å²) in [6.07, 6.45) is 3.77. The van der Waals surface area contributed by atoms with Crippen molar-refractivity contribution in [3.8, 4) is 11.6 Å². The van der Waals surface area contributed by atoms with E-state index in [-0.39, 0.29) is 5.91 Å². The van der Waals surface area contributed by atoms with Gasteiger partial charge in [-0.15, -0.1) is 0 Å². The molecule has 1 aliphatic heterocycles. The fourth-order valence-electron chi connectivity index (χ4n) is 3.40. The minimum absolute atomic E-state index is 0.145. The third-order valence-electron chi connectivity index (χ3n) is 4.91. The summed E-state index contributed by atoms with van der Waals surface area (Å²) < 4.78 is 7.55. The Labute approximate surface area is 186 Å². The molecule has 0 saturated carbocycles. The van der Waals surface area contributed by atoms with E-state index in [2.05, 4.69) is 25.9 Å². The van der Waals surface area contributed by atoms with Crippen molar-refractivity contribution in [3.05, 3.63) is 76.1 Å². The van der Waals surface area contributed by atoms with Gasteiger partial charge in [0, 0.05) is 17.6 Å². The molecule has 1 aromatic carbocycles. The van der Waals surface area contributed by atoms with Crippen LogP contribution in [0.15, 0.2) is 58.6 Å². The number of ether oxygens (including phenoxy) is 1. The first kappa shape index (κ1) is 20.9. The van der Waals surface area contributed by atoms with Gasteiger partial charge in [-0.25, -0.2) is 9.98 Å². The van der Waals surface area contributed by atoms with E-state index in [0.29, 0.717) is 16.7 Å². The van der Waals surface area contributed by atoms with Gasteiger partial charge in [-0.05, 0) is 93.1 Å². The van der Waals surface area contributed by atoms with E-state index in [1.165, 1.54) is 11.8 Å². The highest BCUT2D eigenvalue weighted by Crippen LogP contribution is 2.30. The molecule has 7 heteroatoms. The van der Waals surface area contributed by atoms with E-state index in [4.69, 9.17) is 4.74 Å². The summed E-state index contributed by atoms with van der Waals surface area (Å²) in [5, 5.41) is 3.41. The minimum atomic E-state index is -0.145. The molecule has 0 aliphatic carbocycles. The van der Waals surface area contributed by atoms with Crippen LogP contribution in [0.5, 0.6) is 5.75 Å². The molecule has 6 nitrogen and oxygen atoms in total. The van der Waals surface area contributed by atoms with E-state index >= 15 is 0 Å². The summed E-state index contributed by atoms with van der Waals surface area (Å²) >= 11 is 1.34. The molecule has 0 unspecified atom stereocenters. The van der Waals surface area contributed by atoms with E-state index in [1.807, 2.05) is 76.4 Å². The fourth-order valence-corrected chi connectivity index (χ4v) is 4.23. The Bertz CT molecular complexity index is 1180. The third-order valence-corrected chi connectivity index (χ3v) is 5.82. The van der Waals surface area contributed by atoms with Gasteiger partial charge in [0.2, 0.25) is 0 Å². The number of pyridine rings is 1. The summed E-state index contributed by atoms with van der Waals surface area (Å²) in [4.78, 5) is 22.2. The molecule has 0 spiro atoms. The molecule has 4 rings (SSSR count). The highest BCUT2D eigenvalue weighted by Gasteiger charge is 2.24.